The van der Waals surface area contributed by atoms with Gasteiger partial charge in [0.05, 0.1) is 12.2 Å². The molecule has 0 saturated heterocycles. The fraction of sp³-hybridized carbons (Fsp3) is 0.389. The lowest BCUT2D eigenvalue weighted by Crippen LogP contribution is -2.08. The van der Waals surface area contributed by atoms with E-state index in [2.05, 4.69) is 13.8 Å². The molecule has 0 spiro atoms. The van der Waals surface area contributed by atoms with Gasteiger partial charge in [-0.15, -0.1) is 0 Å². The van der Waals surface area contributed by atoms with Gasteiger partial charge in [0.25, 0.3) is 0 Å². The highest BCUT2D eigenvalue weighted by atomic mass is 16.5. The van der Waals surface area contributed by atoms with Crippen molar-refractivity contribution in [3.8, 4) is 0 Å². The van der Waals surface area contributed by atoms with Crippen molar-refractivity contribution < 1.29 is 9.53 Å². The Hall–Kier alpha value is -1.83. The summed E-state index contributed by atoms with van der Waals surface area (Å²) in [7, 11) is 0. The van der Waals surface area contributed by atoms with E-state index >= 15 is 0 Å². The summed E-state index contributed by atoms with van der Waals surface area (Å²) >= 11 is 0. The second kappa shape index (κ2) is 7.09. The highest BCUT2D eigenvalue weighted by Crippen LogP contribution is 2.19. The molecule has 0 aromatic heterocycles. The maximum atomic E-state index is 12.2. The molecule has 20 heavy (non-hydrogen) atoms. The predicted molar refractivity (Wildman–Crippen MR) is 82.9 cm³/mol. The fourth-order valence-electron chi connectivity index (χ4n) is 2.28. The Labute approximate surface area is 120 Å². The average Bonchev–Trinajstić information content (AvgIpc) is 2.50. The molecule has 106 valence electrons. The number of hydrogen-bond acceptors (Lipinski definition) is 2. The molecule has 1 unspecified atom stereocenters. The van der Waals surface area contributed by atoms with Gasteiger partial charge >= 0.3 is 5.97 Å². The Morgan fingerprint density at radius 3 is 2.70 bits per heavy atom. The van der Waals surface area contributed by atoms with Crippen molar-refractivity contribution in [2.24, 2.45) is 5.92 Å². The first-order chi connectivity index (χ1) is 9.72. The van der Waals surface area contributed by atoms with Crippen LogP contribution in [-0.4, -0.2) is 12.6 Å². The molecule has 0 fully saturated rings. The monoisotopic (exact) mass is 270 g/mol. The standard InChI is InChI=1S/C18H22O2/c1-3-14(2)8-7-13-20-18(19)17-12-6-10-15-9-4-5-11-16(15)17/h4-6,9-12,14H,3,7-8,13H2,1-2H3. The summed E-state index contributed by atoms with van der Waals surface area (Å²) in [6.07, 6.45) is 3.22. The van der Waals surface area contributed by atoms with Crippen molar-refractivity contribution in [2.75, 3.05) is 6.61 Å². The zero-order valence-corrected chi connectivity index (χ0v) is 12.3. The maximum Gasteiger partial charge on any atom is 0.338 e. The summed E-state index contributed by atoms with van der Waals surface area (Å²) in [6, 6.07) is 13.6. The third-order valence-corrected chi connectivity index (χ3v) is 3.78. The molecular weight excluding hydrogens is 248 g/mol. The van der Waals surface area contributed by atoms with Gasteiger partial charge in [0.2, 0.25) is 0 Å². The topological polar surface area (TPSA) is 26.3 Å². The molecule has 2 aromatic carbocycles. The van der Waals surface area contributed by atoms with Crippen molar-refractivity contribution in [3.63, 3.8) is 0 Å². The van der Waals surface area contributed by atoms with Gasteiger partial charge in [0.15, 0.2) is 0 Å². The third-order valence-electron chi connectivity index (χ3n) is 3.78. The normalized spacial score (nSPS) is 12.3. The molecule has 2 heteroatoms. The molecule has 0 heterocycles. The van der Waals surface area contributed by atoms with Crippen molar-refractivity contribution in [1.29, 1.82) is 0 Å². The number of ether oxygens (including phenoxy) is 1. The van der Waals surface area contributed by atoms with Gasteiger partial charge in [0.1, 0.15) is 0 Å². The van der Waals surface area contributed by atoms with Crippen LogP contribution in [0.4, 0.5) is 0 Å². The third kappa shape index (κ3) is 3.60. The van der Waals surface area contributed by atoms with Crippen molar-refractivity contribution in [3.05, 3.63) is 48.0 Å². The number of benzene rings is 2. The first-order valence-corrected chi connectivity index (χ1v) is 7.37. The van der Waals surface area contributed by atoms with E-state index < -0.39 is 0 Å². The number of fused-ring (bicyclic) bond motifs is 1. The first kappa shape index (κ1) is 14.6. The van der Waals surface area contributed by atoms with Crippen LogP contribution in [0.1, 0.15) is 43.5 Å². The van der Waals surface area contributed by atoms with Gasteiger partial charge in [0, 0.05) is 0 Å². The van der Waals surface area contributed by atoms with Crippen LogP contribution >= 0.6 is 0 Å². The number of hydrogen-bond donors (Lipinski definition) is 0. The van der Waals surface area contributed by atoms with Crippen LogP contribution in [0.15, 0.2) is 42.5 Å². The van der Waals surface area contributed by atoms with Gasteiger partial charge in [-0.3, -0.25) is 0 Å². The number of rotatable bonds is 6. The van der Waals surface area contributed by atoms with Crippen molar-refractivity contribution in [1.82, 2.24) is 0 Å². The summed E-state index contributed by atoms with van der Waals surface area (Å²) < 4.78 is 5.39. The minimum Gasteiger partial charge on any atom is -0.462 e. The lowest BCUT2D eigenvalue weighted by Gasteiger charge is -2.09. The number of carbonyl (C=O) groups is 1. The summed E-state index contributed by atoms with van der Waals surface area (Å²) in [4.78, 5) is 12.2. The average molecular weight is 270 g/mol. The van der Waals surface area contributed by atoms with E-state index in [1.807, 2.05) is 42.5 Å². The van der Waals surface area contributed by atoms with Gasteiger partial charge < -0.3 is 4.74 Å². The fourth-order valence-corrected chi connectivity index (χ4v) is 2.28. The molecule has 2 nitrogen and oxygen atoms in total. The SMILES string of the molecule is CCC(C)CCCOC(=O)c1cccc2ccccc12. The van der Waals surface area contributed by atoms with E-state index in [1.54, 1.807) is 0 Å². The molecule has 0 aliphatic heterocycles. The van der Waals surface area contributed by atoms with E-state index in [-0.39, 0.29) is 5.97 Å². The molecule has 0 amide bonds. The second-order valence-corrected chi connectivity index (χ2v) is 5.32. The second-order valence-electron chi connectivity index (χ2n) is 5.32. The maximum absolute atomic E-state index is 12.2. The van der Waals surface area contributed by atoms with Gasteiger partial charge in [-0.1, -0.05) is 56.7 Å². The molecule has 0 radical (unpaired) electrons. The number of carbonyl (C=O) groups excluding carboxylic acids is 1. The minimum atomic E-state index is -0.217. The van der Waals surface area contributed by atoms with Gasteiger partial charge in [-0.2, -0.15) is 0 Å². The molecule has 2 rings (SSSR count). The van der Waals surface area contributed by atoms with Crippen LogP contribution in [0.3, 0.4) is 0 Å². The Balaban J connectivity index is 1.98. The largest absolute Gasteiger partial charge is 0.462 e. The van der Waals surface area contributed by atoms with E-state index in [1.165, 1.54) is 6.42 Å². The van der Waals surface area contributed by atoms with E-state index in [4.69, 9.17) is 4.74 Å². The highest BCUT2D eigenvalue weighted by molar-refractivity contribution is 6.04. The Morgan fingerprint density at radius 1 is 1.15 bits per heavy atom. The van der Waals surface area contributed by atoms with Crippen LogP contribution < -0.4 is 0 Å². The smallest absolute Gasteiger partial charge is 0.338 e. The van der Waals surface area contributed by atoms with Crippen molar-refractivity contribution >= 4 is 16.7 Å². The van der Waals surface area contributed by atoms with Crippen LogP contribution in [0.2, 0.25) is 0 Å². The quantitative estimate of drug-likeness (QED) is 0.555. The molecule has 0 aliphatic carbocycles. The highest BCUT2D eigenvalue weighted by Gasteiger charge is 2.10. The predicted octanol–water partition coefficient (Wildman–Crippen LogP) is 4.82. The van der Waals surface area contributed by atoms with Crippen LogP contribution in [0.25, 0.3) is 10.8 Å². The summed E-state index contributed by atoms with van der Waals surface area (Å²) in [5.74, 6) is 0.484. The van der Waals surface area contributed by atoms with Gasteiger partial charge in [-0.05, 0) is 35.6 Å². The van der Waals surface area contributed by atoms with Crippen molar-refractivity contribution in [2.45, 2.75) is 33.1 Å². The molecular formula is C18H22O2. The summed E-state index contributed by atoms with van der Waals surface area (Å²) in [5.41, 5.74) is 0.659. The molecule has 1 atom stereocenters. The number of esters is 1. The van der Waals surface area contributed by atoms with Crippen LogP contribution in [0.5, 0.6) is 0 Å². The zero-order valence-electron chi connectivity index (χ0n) is 12.3. The first-order valence-electron chi connectivity index (χ1n) is 7.37. The molecule has 2 aromatic rings. The molecule has 0 bridgehead atoms. The van der Waals surface area contributed by atoms with Gasteiger partial charge in [-0.25, -0.2) is 4.79 Å². The summed E-state index contributed by atoms with van der Waals surface area (Å²) in [5, 5.41) is 2.03. The lowest BCUT2D eigenvalue weighted by molar-refractivity contribution is 0.0496. The van der Waals surface area contributed by atoms with E-state index in [0.29, 0.717) is 18.1 Å². The zero-order chi connectivity index (χ0) is 14.4. The Bertz CT molecular complexity index is 569. The minimum absolute atomic E-state index is 0.217. The van der Waals surface area contributed by atoms with E-state index in [9.17, 15) is 4.79 Å². The molecule has 0 aliphatic rings. The molecule has 0 N–H and O–H groups in total. The van der Waals surface area contributed by atoms with Crippen LogP contribution in [0, 0.1) is 5.92 Å². The Kier molecular flexibility index (Phi) is 5.16. The molecule has 0 saturated carbocycles. The Morgan fingerprint density at radius 2 is 1.90 bits per heavy atom. The van der Waals surface area contributed by atoms with E-state index in [0.717, 1.165) is 23.6 Å². The lowest BCUT2D eigenvalue weighted by atomic mass is 10.0. The van der Waals surface area contributed by atoms with Crippen LogP contribution in [-0.2, 0) is 4.74 Å². The summed E-state index contributed by atoms with van der Waals surface area (Å²) in [6.45, 7) is 4.92.